The average molecular weight is 972 g/mol. The summed E-state index contributed by atoms with van der Waals surface area (Å²) in [4.78, 5) is 77.8. The van der Waals surface area contributed by atoms with Crippen LogP contribution in [-0.4, -0.2) is 91.6 Å². The van der Waals surface area contributed by atoms with Crippen molar-refractivity contribution in [3.63, 3.8) is 0 Å². The molecule has 2 saturated heterocycles. The molecule has 0 radical (unpaired) electrons. The van der Waals surface area contributed by atoms with Gasteiger partial charge in [-0.25, -0.2) is 14.8 Å². The third kappa shape index (κ3) is 9.11. The standard InChI is InChI=1S/C54H53N9O7S/c1-31-35(36-15-17-45(57-49(36)52(68)69)63-24-20-32-7-5-9-37(40(32)29-63)50(66)59-53-56-41-10-3-4-12-44(41)71-53)8-6-11-43(31)70-34-19-21-54(28-34)22-25-62(26-23-54)30-47(65)55-33-13-14-38-42(27-33)61(2)60-48(38)39-16-18-46(64)58-51(39)67/h3-15,17,27,34,39H,16,18-26,28-30H2,1-2H3,(H,55,65)(H,68,69)(H,56,59,66)(H,58,64,67). The first-order valence-corrected chi connectivity index (χ1v) is 25.0. The largest absolute Gasteiger partial charge is 0.490 e. The Morgan fingerprint density at radius 3 is 2.54 bits per heavy atom. The van der Waals surface area contributed by atoms with Crippen LogP contribution in [0.25, 0.3) is 32.2 Å². The molecule has 2 atom stereocenters. The normalized spacial score (nSPS) is 18.9. The average Bonchev–Trinajstić information content (AvgIpc) is 4.06. The predicted octanol–water partition coefficient (Wildman–Crippen LogP) is 8.24. The number of aromatic nitrogens is 4. The van der Waals surface area contributed by atoms with E-state index in [4.69, 9.17) is 9.72 Å². The van der Waals surface area contributed by atoms with Crippen molar-refractivity contribution in [2.24, 2.45) is 12.5 Å². The second-order valence-corrected chi connectivity index (χ2v) is 20.4. The van der Waals surface area contributed by atoms with Gasteiger partial charge in [0, 0.05) is 48.8 Å². The van der Waals surface area contributed by atoms with E-state index in [2.05, 4.69) is 30.9 Å². The number of carbonyl (C=O) groups is 5. The van der Waals surface area contributed by atoms with Crippen molar-refractivity contribution >= 4 is 78.7 Å². The molecule has 2 unspecified atom stereocenters. The topological polar surface area (TPSA) is 201 Å². The van der Waals surface area contributed by atoms with Crippen molar-refractivity contribution in [3.8, 4) is 16.9 Å². The molecule has 17 heteroatoms. The number of nitrogens with one attached hydrogen (secondary N) is 3. The van der Waals surface area contributed by atoms with Gasteiger partial charge < -0.3 is 20.1 Å². The van der Waals surface area contributed by atoms with Crippen LogP contribution < -0.4 is 25.6 Å². The number of amides is 4. The zero-order valence-corrected chi connectivity index (χ0v) is 40.3. The number of carboxylic acids is 1. The third-order valence-corrected chi connectivity index (χ3v) is 15.9. The van der Waals surface area contributed by atoms with Crippen molar-refractivity contribution < 1.29 is 33.8 Å². The number of nitrogens with zero attached hydrogens (tertiary/aromatic N) is 6. The number of thiazole rings is 1. The summed E-state index contributed by atoms with van der Waals surface area (Å²) in [5.41, 5.74) is 7.58. The Bertz CT molecular complexity index is 3270. The lowest BCUT2D eigenvalue weighted by molar-refractivity contribution is -0.134. The Labute approximate surface area is 413 Å². The van der Waals surface area contributed by atoms with E-state index in [1.807, 2.05) is 103 Å². The number of ether oxygens (including phenoxy) is 1. The molecule has 6 heterocycles. The summed E-state index contributed by atoms with van der Waals surface area (Å²) in [6.07, 6.45) is 6.14. The van der Waals surface area contributed by atoms with Crippen LogP contribution in [-0.2, 0) is 34.4 Å². The second-order valence-electron chi connectivity index (χ2n) is 19.4. The van der Waals surface area contributed by atoms with Gasteiger partial charge in [-0.15, -0.1) is 0 Å². The minimum atomic E-state index is -1.13. The van der Waals surface area contributed by atoms with Gasteiger partial charge in [-0.3, -0.25) is 39.4 Å². The molecule has 3 aromatic heterocycles. The highest BCUT2D eigenvalue weighted by Gasteiger charge is 2.43. The first-order chi connectivity index (χ1) is 34.4. The van der Waals surface area contributed by atoms with Gasteiger partial charge in [-0.05, 0) is 147 Å². The van der Waals surface area contributed by atoms with Gasteiger partial charge >= 0.3 is 5.97 Å². The van der Waals surface area contributed by atoms with E-state index in [0.717, 1.165) is 94.3 Å². The highest BCUT2D eigenvalue weighted by Crippen LogP contribution is 2.48. The van der Waals surface area contributed by atoms with E-state index in [0.29, 0.717) is 59.4 Å². The molecule has 362 valence electrons. The molecule has 3 fully saturated rings. The van der Waals surface area contributed by atoms with Crippen molar-refractivity contribution in [2.75, 3.05) is 41.7 Å². The number of fused-ring (bicyclic) bond motifs is 3. The zero-order valence-electron chi connectivity index (χ0n) is 39.5. The van der Waals surface area contributed by atoms with Crippen LogP contribution in [0.15, 0.2) is 91.0 Å². The lowest BCUT2D eigenvalue weighted by Crippen LogP contribution is -2.42. The van der Waals surface area contributed by atoms with Crippen LogP contribution in [0, 0.1) is 12.3 Å². The summed E-state index contributed by atoms with van der Waals surface area (Å²) in [5.74, 6) is -1.32. The van der Waals surface area contributed by atoms with Crippen molar-refractivity contribution in [1.82, 2.24) is 30.0 Å². The number of pyridine rings is 1. The number of carbonyl (C=O) groups excluding carboxylic acids is 4. The Morgan fingerprint density at radius 2 is 1.72 bits per heavy atom. The number of para-hydroxylation sites is 1. The first-order valence-electron chi connectivity index (χ1n) is 24.2. The van der Waals surface area contributed by atoms with Crippen LogP contribution in [0.5, 0.6) is 5.75 Å². The highest BCUT2D eigenvalue weighted by atomic mass is 32.1. The third-order valence-electron chi connectivity index (χ3n) is 15.0. The van der Waals surface area contributed by atoms with Crippen LogP contribution in [0.3, 0.4) is 0 Å². The van der Waals surface area contributed by atoms with Crippen molar-refractivity contribution in [3.05, 3.63) is 125 Å². The number of hydrogen-bond donors (Lipinski definition) is 4. The number of aromatic carboxylic acids is 1. The molecule has 4 amide bonds. The maximum Gasteiger partial charge on any atom is 0.355 e. The number of hydrogen-bond acceptors (Lipinski definition) is 12. The van der Waals surface area contributed by atoms with Crippen LogP contribution in [0.4, 0.5) is 16.6 Å². The molecule has 7 aromatic rings. The van der Waals surface area contributed by atoms with E-state index in [1.54, 1.807) is 11.7 Å². The molecule has 16 nitrogen and oxygen atoms in total. The Hall–Kier alpha value is -7.50. The van der Waals surface area contributed by atoms with Gasteiger partial charge in [0.2, 0.25) is 17.7 Å². The van der Waals surface area contributed by atoms with E-state index < -0.39 is 11.9 Å². The first kappa shape index (κ1) is 45.9. The SMILES string of the molecule is Cc1c(OC2CCC3(CCN(CC(=O)Nc4ccc5c(C6CCC(=O)NC6=O)nn(C)c5c4)CC3)C2)cccc1-c1ccc(N2CCc3cccc(C(=O)Nc4nc5ccccc5s4)c3C2)nc1C(=O)O. The van der Waals surface area contributed by atoms with Gasteiger partial charge in [0.05, 0.1) is 40.0 Å². The number of carboxylic acid groups (broad SMARTS) is 1. The number of imide groups is 1. The molecule has 0 bridgehead atoms. The fourth-order valence-electron chi connectivity index (χ4n) is 11.2. The number of piperidine rings is 2. The van der Waals surface area contributed by atoms with Crippen molar-refractivity contribution in [1.29, 1.82) is 0 Å². The fourth-order valence-corrected chi connectivity index (χ4v) is 12.0. The monoisotopic (exact) mass is 971 g/mol. The molecule has 4 N–H and O–H groups in total. The summed E-state index contributed by atoms with van der Waals surface area (Å²) < 4.78 is 9.44. The van der Waals surface area contributed by atoms with Crippen molar-refractivity contribution in [2.45, 2.75) is 76.9 Å². The lowest BCUT2D eigenvalue weighted by atomic mass is 9.77. The number of anilines is 3. The Morgan fingerprint density at radius 1 is 0.887 bits per heavy atom. The molecule has 1 saturated carbocycles. The van der Waals surface area contributed by atoms with E-state index in [1.165, 1.54) is 11.3 Å². The fraction of sp³-hybridized carbons (Fsp3) is 0.333. The second kappa shape index (κ2) is 18.7. The molecule has 4 aliphatic rings. The predicted molar refractivity (Wildman–Crippen MR) is 271 cm³/mol. The number of likely N-dealkylation sites (tertiary alicyclic amines) is 1. The highest BCUT2D eigenvalue weighted by molar-refractivity contribution is 7.22. The summed E-state index contributed by atoms with van der Waals surface area (Å²) in [6, 6.07) is 28.6. The van der Waals surface area contributed by atoms with Gasteiger partial charge in [-0.2, -0.15) is 5.10 Å². The molecular weight excluding hydrogens is 919 g/mol. The summed E-state index contributed by atoms with van der Waals surface area (Å²) >= 11 is 1.43. The molecule has 4 aromatic carbocycles. The molecular formula is C54H53N9O7S. The Balaban J connectivity index is 0.709. The summed E-state index contributed by atoms with van der Waals surface area (Å²) in [7, 11) is 1.81. The van der Waals surface area contributed by atoms with Crippen LogP contribution >= 0.6 is 11.3 Å². The minimum absolute atomic E-state index is 0.00539. The molecule has 1 spiro atoms. The number of aryl methyl sites for hydroxylation is 1. The Kier molecular flexibility index (Phi) is 12.1. The van der Waals surface area contributed by atoms with E-state index >= 15 is 0 Å². The quantitative estimate of drug-likeness (QED) is 0.0907. The number of rotatable bonds is 11. The smallest absolute Gasteiger partial charge is 0.355 e. The minimum Gasteiger partial charge on any atom is -0.490 e. The molecule has 1 aliphatic carbocycles. The summed E-state index contributed by atoms with van der Waals surface area (Å²) in [6.45, 7) is 4.86. The van der Waals surface area contributed by atoms with Crippen LogP contribution in [0.1, 0.15) is 94.1 Å². The maximum atomic E-state index is 13.7. The zero-order chi connectivity index (χ0) is 49.0. The lowest BCUT2D eigenvalue weighted by Gasteiger charge is -2.39. The van der Waals surface area contributed by atoms with E-state index in [-0.39, 0.29) is 53.8 Å². The van der Waals surface area contributed by atoms with Gasteiger partial charge in [0.25, 0.3) is 5.91 Å². The van der Waals surface area contributed by atoms with Gasteiger partial charge in [0.15, 0.2) is 10.8 Å². The summed E-state index contributed by atoms with van der Waals surface area (Å²) in [5, 5.41) is 25.0. The number of benzene rings is 4. The molecule has 11 rings (SSSR count). The van der Waals surface area contributed by atoms with Gasteiger partial charge in [-0.1, -0.05) is 47.7 Å². The molecule has 71 heavy (non-hydrogen) atoms. The maximum absolute atomic E-state index is 13.7. The van der Waals surface area contributed by atoms with E-state index in [9.17, 15) is 29.1 Å². The molecule has 3 aliphatic heterocycles. The van der Waals surface area contributed by atoms with Gasteiger partial charge in [0.1, 0.15) is 11.6 Å². The van der Waals surface area contributed by atoms with Crippen LogP contribution in [0.2, 0.25) is 0 Å².